The van der Waals surface area contributed by atoms with Gasteiger partial charge >= 0.3 is 0 Å². The molecular weight excluding hydrogens is 382 g/mol. The Bertz CT molecular complexity index is 1010. The van der Waals surface area contributed by atoms with Crippen molar-refractivity contribution in [3.05, 3.63) is 35.5 Å². The van der Waals surface area contributed by atoms with Gasteiger partial charge in [0, 0.05) is 30.4 Å². The van der Waals surface area contributed by atoms with Crippen molar-refractivity contribution in [3.8, 4) is 29.2 Å². The van der Waals surface area contributed by atoms with Gasteiger partial charge in [0.05, 0.1) is 22.9 Å². The molecule has 1 aromatic carbocycles. The number of carbonyl (C=O) groups is 1. The number of nitriles is 1. The highest BCUT2D eigenvalue weighted by atomic mass is 16.6. The van der Waals surface area contributed by atoms with E-state index in [0.717, 1.165) is 25.7 Å². The Morgan fingerprint density at radius 1 is 1.23 bits per heavy atom. The SMILES string of the molecule is CC(C)Nc1c(C(=O)N[C@H]2CC[C@H](N)CC2)cnc2c1Oc1cc(C#N)ccc1O2. The summed E-state index contributed by atoms with van der Waals surface area (Å²) < 4.78 is 11.9. The average Bonchev–Trinajstić information content (AvgIpc) is 2.73. The Morgan fingerprint density at radius 2 is 2.00 bits per heavy atom. The number of hydrogen-bond donors (Lipinski definition) is 3. The van der Waals surface area contributed by atoms with E-state index in [9.17, 15) is 4.79 Å². The molecule has 1 aromatic heterocycles. The molecule has 0 atom stereocenters. The number of anilines is 1. The Labute approximate surface area is 175 Å². The van der Waals surface area contributed by atoms with Crippen LogP contribution in [0.4, 0.5) is 5.69 Å². The molecule has 1 amide bonds. The van der Waals surface area contributed by atoms with Gasteiger partial charge in [-0.3, -0.25) is 4.79 Å². The van der Waals surface area contributed by atoms with Crippen LogP contribution in [0.25, 0.3) is 0 Å². The second-order valence-electron chi connectivity index (χ2n) is 8.04. The lowest BCUT2D eigenvalue weighted by molar-refractivity contribution is 0.0926. The van der Waals surface area contributed by atoms with Crippen LogP contribution in [0.2, 0.25) is 0 Å². The summed E-state index contributed by atoms with van der Waals surface area (Å²) in [7, 11) is 0. The maximum Gasteiger partial charge on any atom is 0.265 e. The van der Waals surface area contributed by atoms with E-state index in [1.807, 2.05) is 13.8 Å². The normalized spacial score (nSPS) is 19.6. The van der Waals surface area contributed by atoms with Gasteiger partial charge in [-0.25, -0.2) is 4.98 Å². The number of nitrogens with zero attached hydrogens (tertiary/aromatic N) is 2. The van der Waals surface area contributed by atoms with E-state index >= 15 is 0 Å². The van der Waals surface area contributed by atoms with Gasteiger partial charge in [0.2, 0.25) is 5.75 Å². The lowest BCUT2D eigenvalue weighted by atomic mass is 9.91. The quantitative estimate of drug-likeness (QED) is 0.603. The Balaban J connectivity index is 1.65. The standard InChI is InChI=1S/C22H25N5O3/c1-12(2)26-19-16(21(28)27-15-6-4-14(24)5-7-15)11-25-22-20(19)29-18-9-13(10-23)3-8-17(18)30-22/h3,8-9,11-12,14-15H,4-7,24H2,1-2H3,(H,25,26)(H,27,28)/t14-,15-. The van der Waals surface area contributed by atoms with Crippen molar-refractivity contribution in [1.29, 1.82) is 5.26 Å². The average molecular weight is 407 g/mol. The predicted molar refractivity (Wildman–Crippen MR) is 112 cm³/mol. The highest BCUT2D eigenvalue weighted by Crippen LogP contribution is 2.49. The van der Waals surface area contributed by atoms with Gasteiger partial charge in [-0.1, -0.05) is 0 Å². The molecule has 1 aliphatic heterocycles. The molecule has 8 nitrogen and oxygen atoms in total. The first-order chi connectivity index (χ1) is 14.4. The van der Waals surface area contributed by atoms with Gasteiger partial charge < -0.3 is 25.8 Å². The third kappa shape index (κ3) is 4.02. The van der Waals surface area contributed by atoms with E-state index in [-0.39, 0.29) is 29.9 Å². The maximum atomic E-state index is 13.1. The van der Waals surface area contributed by atoms with Crippen LogP contribution in [0.1, 0.15) is 55.5 Å². The summed E-state index contributed by atoms with van der Waals surface area (Å²) in [6.07, 6.45) is 5.04. The van der Waals surface area contributed by atoms with Gasteiger partial charge in [-0.2, -0.15) is 5.26 Å². The largest absolute Gasteiger partial charge is 0.445 e. The summed E-state index contributed by atoms with van der Waals surface area (Å²) in [4.78, 5) is 17.4. The summed E-state index contributed by atoms with van der Waals surface area (Å²) in [6.45, 7) is 3.95. The van der Waals surface area contributed by atoms with Crippen molar-refractivity contribution in [2.24, 2.45) is 5.73 Å². The lowest BCUT2D eigenvalue weighted by Crippen LogP contribution is -2.40. The molecular formula is C22H25N5O3. The van der Waals surface area contributed by atoms with Crippen LogP contribution in [-0.4, -0.2) is 29.0 Å². The zero-order chi connectivity index (χ0) is 21.3. The van der Waals surface area contributed by atoms with Crippen molar-refractivity contribution in [2.75, 3.05) is 5.32 Å². The fourth-order valence-corrected chi connectivity index (χ4v) is 3.73. The minimum atomic E-state index is -0.214. The molecule has 8 heteroatoms. The van der Waals surface area contributed by atoms with Crippen molar-refractivity contribution in [3.63, 3.8) is 0 Å². The molecule has 1 fully saturated rings. The number of pyridine rings is 1. The van der Waals surface area contributed by atoms with Crippen LogP contribution in [0.3, 0.4) is 0 Å². The number of carbonyl (C=O) groups excluding carboxylic acids is 1. The van der Waals surface area contributed by atoms with Gasteiger partial charge in [-0.05, 0) is 51.7 Å². The number of aromatic nitrogens is 1. The van der Waals surface area contributed by atoms with Crippen molar-refractivity contribution in [2.45, 2.75) is 57.7 Å². The van der Waals surface area contributed by atoms with Gasteiger partial charge in [0.15, 0.2) is 11.5 Å². The fourth-order valence-electron chi connectivity index (χ4n) is 3.73. The van der Waals surface area contributed by atoms with Gasteiger partial charge in [0.1, 0.15) is 0 Å². The number of rotatable bonds is 4. The van der Waals surface area contributed by atoms with Gasteiger partial charge in [0.25, 0.3) is 11.8 Å². The smallest absolute Gasteiger partial charge is 0.265 e. The predicted octanol–water partition coefficient (Wildman–Crippen LogP) is 3.67. The molecule has 0 radical (unpaired) electrons. The Kier molecular flexibility index (Phi) is 5.46. The number of amides is 1. The number of nitrogens with one attached hydrogen (secondary N) is 2. The van der Waals surface area contributed by atoms with E-state index in [1.165, 1.54) is 6.20 Å². The van der Waals surface area contributed by atoms with Crippen LogP contribution >= 0.6 is 0 Å². The highest BCUT2D eigenvalue weighted by Gasteiger charge is 2.29. The molecule has 0 saturated heterocycles. The first kappa shape index (κ1) is 20.0. The molecule has 30 heavy (non-hydrogen) atoms. The summed E-state index contributed by atoms with van der Waals surface area (Å²) in [6, 6.07) is 7.37. The maximum absolute atomic E-state index is 13.1. The molecule has 156 valence electrons. The Hall–Kier alpha value is -3.31. The van der Waals surface area contributed by atoms with E-state index in [0.29, 0.717) is 34.1 Å². The molecule has 1 aliphatic carbocycles. The molecule has 0 bridgehead atoms. The topological polar surface area (TPSA) is 122 Å². The van der Waals surface area contributed by atoms with Gasteiger partial charge in [-0.15, -0.1) is 0 Å². The molecule has 2 heterocycles. The first-order valence-electron chi connectivity index (χ1n) is 10.2. The van der Waals surface area contributed by atoms with Crippen molar-refractivity contribution >= 4 is 11.6 Å². The van der Waals surface area contributed by atoms with E-state index in [1.54, 1.807) is 18.2 Å². The molecule has 0 spiro atoms. The molecule has 2 aliphatic rings. The molecule has 2 aromatic rings. The number of benzene rings is 1. The van der Waals surface area contributed by atoms with Crippen LogP contribution < -0.4 is 25.8 Å². The fraction of sp³-hybridized carbons (Fsp3) is 0.409. The number of nitrogens with two attached hydrogens (primary N) is 1. The first-order valence-corrected chi connectivity index (χ1v) is 10.2. The summed E-state index contributed by atoms with van der Waals surface area (Å²) >= 11 is 0. The lowest BCUT2D eigenvalue weighted by Gasteiger charge is -2.28. The van der Waals surface area contributed by atoms with Crippen LogP contribution in [0.15, 0.2) is 24.4 Å². The number of ether oxygens (including phenoxy) is 2. The van der Waals surface area contributed by atoms with E-state index < -0.39 is 0 Å². The van der Waals surface area contributed by atoms with E-state index in [2.05, 4.69) is 21.7 Å². The van der Waals surface area contributed by atoms with Crippen molar-refractivity contribution in [1.82, 2.24) is 10.3 Å². The zero-order valence-corrected chi connectivity index (χ0v) is 17.1. The molecule has 0 unspecified atom stereocenters. The third-order valence-corrected chi connectivity index (χ3v) is 5.28. The monoisotopic (exact) mass is 407 g/mol. The molecule has 4 rings (SSSR count). The second-order valence-corrected chi connectivity index (χ2v) is 8.04. The summed E-state index contributed by atoms with van der Waals surface area (Å²) in [5, 5.41) is 15.6. The van der Waals surface area contributed by atoms with Crippen LogP contribution in [0.5, 0.6) is 23.1 Å². The minimum Gasteiger partial charge on any atom is -0.445 e. The van der Waals surface area contributed by atoms with Crippen LogP contribution in [0, 0.1) is 11.3 Å². The highest BCUT2D eigenvalue weighted by molar-refractivity contribution is 6.01. The van der Waals surface area contributed by atoms with E-state index in [4.69, 9.17) is 20.5 Å². The zero-order valence-electron chi connectivity index (χ0n) is 17.1. The molecule has 1 saturated carbocycles. The summed E-state index contributed by atoms with van der Waals surface area (Å²) in [5.41, 5.74) is 7.34. The summed E-state index contributed by atoms with van der Waals surface area (Å²) in [5.74, 6) is 1.28. The molecule has 4 N–H and O–H groups in total. The Morgan fingerprint density at radius 3 is 2.70 bits per heavy atom. The number of hydrogen-bond acceptors (Lipinski definition) is 7. The number of fused-ring (bicyclic) bond motifs is 2. The second kappa shape index (κ2) is 8.20. The third-order valence-electron chi connectivity index (χ3n) is 5.28. The van der Waals surface area contributed by atoms with Crippen LogP contribution in [-0.2, 0) is 0 Å². The van der Waals surface area contributed by atoms with Crippen molar-refractivity contribution < 1.29 is 14.3 Å². The minimum absolute atomic E-state index is 0.0474.